The molecule has 0 saturated carbocycles. The maximum Gasteiger partial charge on any atom is 0.350 e. The SMILES string of the molecule is COC(=O)c1sc(N2C(=O)C(=O)C(=C(O)c3ccc(OCc4ccccc4C)cc3)C2c2ccc(Cl)cc2)nc1C. The minimum atomic E-state index is -1.01. The van der Waals surface area contributed by atoms with E-state index in [0.717, 1.165) is 22.5 Å². The molecule has 8 nitrogen and oxygen atoms in total. The summed E-state index contributed by atoms with van der Waals surface area (Å²) in [5.41, 5.74) is 3.27. The Balaban J connectivity index is 1.53. The summed E-state index contributed by atoms with van der Waals surface area (Å²) in [5, 5.41) is 12.0. The van der Waals surface area contributed by atoms with Crippen LogP contribution in [0.3, 0.4) is 0 Å². The molecule has 1 saturated heterocycles. The van der Waals surface area contributed by atoms with E-state index in [-0.39, 0.29) is 21.3 Å². The second-order valence-corrected chi connectivity index (χ2v) is 10.8. The highest BCUT2D eigenvalue weighted by atomic mass is 35.5. The number of carbonyl (C=O) groups is 3. The van der Waals surface area contributed by atoms with Gasteiger partial charge in [0.25, 0.3) is 5.78 Å². The van der Waals surface area contributed by atoms with Crippen LogP contribution in [0.4, 0.5) is 5.13 Å². The number of esters is 1. The number of aryl methyl sites for hydroxylation is 2. The monoisotopic (exact) mass is 588 g/mol. The number of halogens is 1. The quantitative estimate of drug-likeness (QED) is 0.115. The molecule has 0 bridgehead atoms. The first kappa shape index (κ1) is 28.1. The second kappa shape index (κ2) is 11.6. The van der Waals surface area contributed by atoms with Gasteiger partial charge in [0.1, 0.15) is 23.0 Å². The van der Waals surface area contributed by atoms with Gasteiger partial charge in [-0.3, -0.25) is 14.5 Å². The van der Waals surface area contributed by atoms with Crippen LogP contribution in [-0.4, -0.2) is 34.9 Å². The molecule has 1 atom stereocenters. The van der Waals surface area contributed by atoms with Crippen LogP contribution in [0.1, 0.15) is 43.7 Å². The van der Waals surface area contributed by atoms with Gasteiger partial charge in [-0.1, -0.05) is 59.3 Å². The average molecular weight is 589 g/mol. The standard InChI is InChI=1S/C31H25ClN2O6S/c1-17-6-4-5-7-21(17)16-40-23-14-10-20(11-15-23)26(35)24-25(19-8-12-22(32)13-9-19)34(29(37)27(24)36)31-33-18(2)28(41-31)30(38)39-3/h4-15,25,35H,16H2,1-3H3. The molecule has 0 spiro atoms. The van der Waals surface area contributed by atoms with Crippen LogP contribution < -0.4 is 9.64 Å². The van der Waals surface area contributed by atoms with E-state index in [2.05, 4.69) is 4.98 Å². The Morgan fingerprint density at radius 3 is 2.37 bits per heavy atom. The molecule has 3 aromatic carbocycles. The van der Waals surface area contributed by atoms with E-state index in [1.54, 1.807) is 55.5 Å². The maximum atomic E-state index is 13.4. The van der Waals surface area contributed by atoms with Crippen LogP contribution in [0.5, 0.6) is 5.75 Å². The van der Waals surface area contributed by atoms with Gasteiger partial charge in [0, 0.05) is 10.6 Å². The largest absolute Gasteiger partial charge is 0.507 e. The number of aromatic nitrogens is 1. The zero-order chi connectivity index (χ0) is 29.3. The van der Waals surface area contributed by atoms with Crippen LogP contribution in [0.2, 0.25) is 5.02 Å². The summed E-state index contributed by atoms with van der Waals surface area (Å²) >= 11 is 7.04. The van der Waals surface area contributed by atoms with Gasteiger partial charge in [-0.2, -0.15) is 0 Å². The highest BCUT2D eigenvalue weighted by molar-refractivity contribution is 7.17. The average Bonchev–Trinajstić information content (AvgIpc) is 3.48. The van der Waals surface area contributed by atoms with Crippen LogP contribution in [0.25, 0.3) is 5.76 Å². The molecule has 1 aliphatic heterocycles. The number of nitrogens with zero attached hydrogens (tertiary/aromatic N) is 2. The van der Waals surface area contributed by atoms with Crippen molar-refractivity contribution in [2.24, 2.45) is 0 Å². The molecule has 1 N–H and O–H groups in total. The van der Waals surface area contributed by atoms with Crippen molar-refractivity contribution in [2.45, 2.75) is 26.5 Å². The summed E-state index contributed by atoms with van der Waals surface area (Å²) in [6.45, 7) is 4.00. The van der Waals surface area contributed by atoms with E-state index in [1.165, 1.54) is 12.0 Å². The van der Waals surface area contributed by atoms with Crippen molar-refractivity contribution in [2.75, 3.05) is 12.0 Å². The molecule has 4 aromatic rings. The molecule has 1 aliphatic rings. The fourth-order valence-corrected chi connectivity index (χ4v) is 5.69. The van der Waals surface area contributed by atoms with Gasteiger partial charge in [-0.15, -0.1) is 0 Å². The number of hydrogen-bond donors (Lipinski definition) is 1. The fraction of sp³-hybridized carbons (Fsp3) is 0.161. The molecular formula is C31H25ClN2O6S. The molecule has 1 aromatic heterocycles. The third-order valence-corrected chi connectivity index (χ3v) is 8.16. The lowest BCUT2D eigenvalue weighted by atomic mass is 9.95. The molecular weight excluding hydrogens is 564 g/mol. The summed E-state index contributed by atoms with van der Waals surface area (Å²) in [7, 11) is 1.25. The van der Waals surface area contributed by atoms with Crippen molar-refractivity contribution in [3.8, 4) is 5.75 Å². The predicted octanol–water partition coefficient (Wildman–Crippen LogP) is 6.41. The summed E-state index contributed by atoms with van der Waals surface area (Å²) in [5.74, 6) is -2.13. The van der Waals surface area contributed by atoms with Gasteiger partial charge in [0.2, 0.25) is 0 Å². The first-order chi connectivity index (χ1) is 19.7. The van der Waals surface area contributed by atoms with Gasteiger partial charge >= 0.3 is 11.9 Å². The number of aliphatic hydroxyl groups excluding tert-OH is 1. The van der Waals surface area contributed by atoms with E-state index < -0.39 is 23.7 Å². The van der Waals surface area contributed by atoms with Crippen molar-refractivity contribution >= 4 is 51.5 Å². The lowest BCUT2D eigenvalue weighted by Gasteiger charge is -2.23. The zero-order valence-corrected chi connectivity index (χ0v) is 24.0. The summed E-state index contributed by atoms with van der Waals surface area (Å²) < 4.78 is 10.7. The minimum Gasteiger partial charge on any atom is -0.507 e. The lowest BCUT2D eigenvalue weighted by molar-refractivity contribution is -0.132. The van der Waals surface area contributed by atoms with Crippen LogP contribution >= 0.6 is 22.9 Å². The summed E-state index contributed by atoms with van der Waals surface area (Å²) in [6.07, 6.45) is 0. The van der Waals surface area contributed by atoms with Gasteiger partial charge in [0.15, 0.2) is 5.13 Å². The molecule has 5 rings (SSSR count). The number of thiazole rings is 1. The third-order valence-electron chi connectivity index (χ3n) is 6.78. The first-order valence-corrected chi connectivity index (χ1v) is 13.8. The molecule has 208 valence electrons. The van der Waals surface area contributed by atoms with Crippen LogP contribution in [-0.2, 0) is 20.9 Å². The Morgan fingerprint density at radius 1 is 1.02 bits per heavy atom. The Hall–Kier alpha value is -4.47. The van der Waals surface area contributed by atoms with E-state index >= 15 is 0 Å². The van der Waals surface area contributed by atoms with E-state index in [9.17, 15) is 19.5 Å². The number of anilines is 1. The number of ether oxygens (including phenoxy) is 2. The number of carbonyl (C=O) groups excluding carboxylic acids is 3. The number of benzene rings is 3. The number of aliphatic hydroxyl groups is 1. The van der Waals surface area contributed by atoms with Crippen molar-refractivity contribution in [1.29, 1.82) is 0 Å². The molecule has 1 fully saturated rings. The van der Waals surface area contributed by atoms with Gasteiger partial charge in [-0.05, 0) is 66.9 Å². The van der Waals surface area contributed by atoms with Crippen molar-refractivity contribution in [1.82, 2.24) is 4.98 Å². The number of amides is 1. The minimum absolute atomic E-state index is 0.113. The Bertz CT molecular complexity index is 1680. The van der Waals surface area contributed by atoms with Gasteiger partial charge < -0.3 is 14.6 Å². The Labute approximate surface area is 245 Å². The highest BCUT2D eigenvalue weighted by Gasteiger charge is 2.48. The molecule has 1 amide bonds. The first-order valence-electron chi connectivity index (χ1n) is 12.6. The smallest absolute Gasteiger partial charge is 0.350 e. The summed E-state index contributed by atoms with van der Waals surface area (Å²) in [4.78, 5) is 44.8. The Morgan fingerprint density at radius 2 is 1.71 bits per heavy atom. The normalized spacial score (nSPS) is 16.2. The van der Waals surface area contributed by atoms with Crippen molar-refractivity contribution < 1.29 is 29.0 Å². The molecule has 10 heteroatoms. The molecule has 41 heavy (non-hydrogen) atoms. The molecule has 1 unspecified atom stereocenters. The molecule has 0 radical (unpaired) electrons. The van der Waals surface area contributed by atoms with Crippen molar-refractivity contribution in [3.63, 3.8) is 0 Å². The van der Waals surface area contributed by atoms with E-state index in [4.69, 9.17) is 21.1 Å². The van der Waals surface area contributed by atoms with Crippen LogP contribution in [0, 0.1) is 13.8 Å². The topological polar surface area (TPSA) is 106 Å². The Kier molecular flexibility index (Phi) is 7.92. The highest BCUT2D eigenvalue weighted by Crippen LogP contribution is 2.44. The van der Waals surface area contributed by atoms with Gasteiger partial charge in [0.05, 0.1) is 24.4 Å². The maximum absolute atomic E-state index is 13.4. The number of ketones is 1. The lowest BCUT2D eigenvalue weighted by Crippen LogP contribution is -2.29. The number of hydrogen-bond acceptors (Lipinski definition) is 8. The number of rotatable bonds is 7. The predicted molar refractivity (Wildman–Crippen MR) is 156 cm³/mol. The third kappa shape index (κ3) is 5.46. The van der Waals surface area contributed by atoms with E-state index in [0.29, 0.717) is 34.2 Å². The number of methoxy groups -OCH3 is 1. The van der Waals surface area contributed by atoms with Crippen LogP contribution in [0.15, 0.2) is 78.4 Å². The van der Waals surface area contributed by atoms with E-state index in [1.807, 2.05) is 31.2 Å². The fourth-order valence-electron chi connectivity index (χ4n) is 4.56. The molecule has 2 heterocycles. The number of Topliss-reactive ketones (excluding diaryl/α,β-unsaturated/α-hetero) is 1. The molecule has 0 aliphatic carbocycles. The summed E-state index contributed by atoms with van der Waals surface area (Å²) in [6, 6.07) is 20.1. The van der Waals surface area contributed by atoms with Gasteiger partial charge in [-0.25, -0.2) is 9.78 Å². The van der Waals surface area contributed by atoms with Crippen molar-refractivity contribution in [3.05, 3.63) is 116 Å². The zero-order valence-electron chi connectivity index (χ0n) is 22.4. The second-order valence-electron chi connectivity index (χ2n) is 9.36.